The van der Waals surface area contributed by atoms with Crippen molar-refractivity contribution < 1.29 is 19.2 Å². The smallest absolute Gasteiger partial charge is 0.339 e. The molecular weight excluding hydrogens is 314 g/mol. The van der Waals surface area contributed by atoms with Crippen molar-refractivity contribution in [2.45, 2.75) is 13.0 Å². The lowest BCUT2D eigenvalue weighted by Crippen LogP contribution is -2.30. The summed E-state index contributed by atoms with van der Waals surface area (Å²) in [5.41, 5.74) is 5.57. The van der Waals surface area contributed by atoms with Gasteiger partial charge in [0.1, 0.15) is 5.69 Å². The summed E-state index contributed by atoms with van der Waals surface area (Å²) in [6.07, 6.45) is -1.13. The van der Waals surface area contributed by atoms with E-state index in [1.54, 1.807) is 24.3 Å². The van der Waals surface area contributed by atoms with Gasteiger partial charge >= 0.3 is 5.97 Å². The minimum Gasteiger partial charge on any atom is -0.449 e. The van der Waals surface area contributed by atoms with Crippen molar-refractivity contribution in [3.63, 3.8) is 0 Å². The molecule has 1 atom stereocenters. The first-order valence-electron chi connectivity index (χ1n) is 6.99. The summed E-state index contributed by atoms with van der Waals surface area (Å²) in [5.74, 6) is -1.67. The molecule has 24 heavy (non-hydrogen) atoms. The van der Waals surface area contributed by atoms with Gasteiger partial charge in [0.2, 0.25) is 0 Å². The average Bonchev–Trinajstić information content (AvgIpc) is 2.55. The summed E-state index contributed by atoms with van der Waals surface area (Å²) in [6, 6.07) is 12.7. The van der Waals surface area contributed by atoms with Gasteiger partial charge in [-0.3, -0.25) is 14.9 Å². The molecule has 0 heterocycles. The Balaban J connectivity index is 2.28. The molecule has 1 amide bonds. The zero-order chi connectivity index (χ0) is 17.7. The maximum absolute atomic E-state index is 11.9. The van der Waals surface area contributed by atoms with Crippen LogP contribution in [-0.4, -0.2) is 22.9 Å². The van der Waals surface area contributed by atoms with Crippen LogP contribution in [0.3, 0.4) is 0 Å². The number of primary amides is 1. The molecule has 0 unspecified atom stereocenters. The van der Waals surface area contributed by atoms with Crippen molar-refractivity contribution in [3.8, 4) is 0 Å². The largest absolute Gasteiger partial charge is 0.449 e. The van der Waals surface area contributed by atoms with E-state index >= 15 is 0 Å². The fourth-order valence-corrected chi connectivity index (χ4v) is 1.88. The van der Waals surface area contributed by atoms with Crippen LogP contribution in [-0.2, 0) is 9.53 Å². The second-order valence-corrected chi connectivity index (χ2v) is 4.93. The Kier molecular flexibility index (Phi) is 5.10. The third kappa shape index (κ3) is 4.07. The first kappa shape index (κ1) is 16.9. The molecule has 0 aliphatic rings. The zero-order valence-electron chi connectivity index (χ0n) is 12.8. The van der Waals surface area contributed by atoms with Crippen LogP contribution in [0, 0.1) is 10.1 Å². The number of nitro groups is 1. The van der Waals surface area contributed by atoms with Crippen molar-refractivity contribution in [3.05, 3.63) is 64.2 Å². The van der Waals surface area contributed by atoms with Crippen LogP contribution < -0.4 is 11.1 Å². The number of carbonyl (C=O) groups excluding carboxylic acids is 2. The van der Waals surface area contributed by atoms with Crippen molar-refractivity contribution in [1.82, 2.24) is 0 Å². The number of benzene rings is 2. The number of nitrogens with two attached hydrogens (primary N) is 1. The first-order valence-corrected chi connectivity index (χ1v) is 6.99. The molecule has 0 radical (unpaired) electrons. The molecule has 3 N–H and O–H groups in total. The first-order chi connectivity index (χ1) is 11.4. The molecule has 0 bridgehead atoms. The van der Waals surface area contributed by atoms with Crippen LogP contribution in [0.1, 0.15) is 17.3 Å². The monoisotopic (exact) mass is 329 g/mol. The van der Waals surface area contributed by atoms with Crippen LogP contribution in [0.5, 0.6) is 0 Å². The van der Waals surface area contributed by atoms with Crippen molar-refractivity contribution in [2.75, 3.05) is 5.32 Å². The normalized spacial score (nSPS) is 11.4. The van der Waals surface area contributed by atoms with E-state index in [0.29, 0.717) is 5.69 Å². The van der Waals surface area contributed by atoms with Crippen molar-refractivity contribution in [1.29, 1.82) is 0 Å². The van der Waals surface area contributed by atoms with E-state index in [0.717, 1.165) is 6.07 Å². The van der Waals surface area contributed by atoms with Crippen molar-refractivity contribution in [2.24, 2.45) is 5.73 Å². The predicted molar refractivity (Wildman–Crippen MR) is 86.9 cm³/mol. The fraction of sp³-hybridized carbons (Fsp3) is 0.125. The van der Waals surface area contributed by atoms with Gasteiger partial charge in [0.25, 0.3) is 11.6 Å². The Hall–Kier alpha value is -3.42. The van der Waals surface area contributed by atoms with E-state index < -0.39 is 22.9 Å². The maximum Gasteiger partial charge on any atom is 0.339 e. The minimum atomic E-state index is -1.13. The summed E-state index contributed by atoms with van der Waals surface area (Å²) >= 11 is 0. The molecule has 8 heteroatoms. The summed E-state index contributed by atoms with van der Waals surface area (Å²) < 4.78 is 4.83. The van der Waals surface area contributed by atoms with Crippen LogP contribution in [0.15, 0.2) is 48.5 Å². The van der Waals surface area contributed by atoms with Crippen LogP contribution in [0.25, 0.3) is 0 Å². The number of nitrogens with one attached hydrogen (secondary N) is 1. The molecule has 8 nitrogen and oxygen atoms in total. The lowest BCUT2D eigenvalue weighted by Gasteiger charge is -2.11. The third-order valence-electron chi connectivity index (χ3n) is 3.17. The van der Waals surface area contributed by atoms with Gasteiger partial charge < -0.3 is 15.8 Å². The summed E-state index contributed by atoms with van der Waals surface area (Å²) in [7, 11) is 0. The highest BCUT2D eigenvalue weighted by Gasteiger charge is 2.21. The molecule has 0 fully saturated rings. The van der Waals surface area contributed by atoms with Gasteiger partial charge in [-0.15, -0.1) is 0 Å². The standard InChI is InChI=1S/C16H15N3O5/c1-10(15(17)20)24-16(21)11-7-8-13(14(9-11)19(22)23)18-12-5-3-2-4-6-12/h2-10,18H,1H3,(H2,17,20)/t10-/m1/s1. The van der Waals surface area contributed by atoms with E-state index in [4.69, 9.17) is 10.5 Å². The molecule has 2 aromatic carbocycles. The molecule has 0 spiro atoms. The number of amides is 1. The number of para-hydroxylation sites is 1. The number of nitrogens with zero attached hydrogens (tertiary/aromatic N) is 1. The highest BCUT2D eigenvalue weighted by molar-refractivity contribution is 5.93. The number of esters is 1. The molecule has 0 aliphatic carbocycles. The second-order valence-electron chi connectivity index (χ2n) is 4.93. The quantitative estimate of drug-likeness (QED) is 0.476. The molecule has 0 aromatic heterocycles. The molecule has 124 valence electrons. The molecule has 0 aliphatic heterocycles. The van der Waals surface area contributed by atoms with Crippen LogP contribution in [0.2, 0.25) is 0 Å². The molecular formula is C16H15N3O5. The molecule has 0 saturated heterocycles. The highest BCUT2D eigenvalue weighted by atomic mass is 16.6. The maximum atomic E-state index is 11.9. The SMILES string of the molecule is C[C@@H](OC(=O)c1ccc(Nc2ccccc2)c([N+](=O)[O-])c1)C(N)=O. The molecule has 2 aromatic rings. The predicted octanol–water partition coefficient (Wildman–Crippen LogP) is 2.37. The Morgan fingerprint density at radius 1 is 1.21 bits per heavy atom. The Labute approximate surface area is 137 Å². The summed E-state index contributed by atoms with van der Waals surface area (Å²) in [6.45, 7) is 1.32. The number of rotatable bonds is 6. The Bertz CT molecular complexity index is 777. The van der Waals surface area contributed by atoms with Crippen LogP contribution in [0.4, 0.5) is 17.1 Å². The molecule has 2 rings (SSSR count). The topological polar surface area (TPSA) is 125 Å². The Morgan fingerprint density at radius 3 is 2.46 bits per heavy atom. The number of hydrogen-bond acceptors (Lipinski definition) is 6. The Morgan fingerprint density at radius 2 is 1.88 bits per heavy atom. The van der Waals surface area contributed by atoms with Gasteiger partial charge in [-0.05, 0) is 31.2 Å². The van der Waals surface area contributed by atoms with Gasteiger partial charge in [0.05, 0.1) is 10.5 Å². The number of carbonyl (C=O) groups is 2. The number of ether oxygens (including phenoxy) is 1. The van der Waals surface area contributed by atoms with Crippen molar-refractivity contribution >= 4 is 28.9 Å². The highest BCUT2D eigenvalue weighted by Crippen LogP contribution is 2.29. The average molecular weight is 329 g/mol. The zero-order valence-corrected chi connectivity index (χ0v) is 12.8. The summed E-state index contributed by atoms with van der Waals surface area (Å²) in [4.78, 5) is 33.5. The minimum absolute atomic E-state index is 0.0478. The molecule has 0 saturated carbocycles. The van der Waals surface area contributed by atoms with E-state index in [1.807, 2.05) is 6.07 Å². The van der Waals surface area contributed by atoms with Gasteiger partial charge in [0.15, 0.2) is 6.10 Å². The van der Waals surface area contributed by atoms with E-state index in [2.05, 4.69) is 5.32 Å². The van der Waals surface area contributed by atoms with Gasteiger partial charge in [-0.2, -0.15) is 0 Å². The number of anilines is 2. The lowest BCUT2D eigenvalue weighted by molar-refractivity contribution is -0.383. The van der Waals surface area contributed by atoms with Gasteiger partial charge in [-0.25, -0.2) is 4.79 Å². The fourth-order valence-electron chi connectivity index (χ4n) is 1.88. The van der Waals surface area contributed by atoms with Crippen LogP contribution >= 0.6 is 0 Å². The van der Waals surface area contributed by atoms with E-state index in [1.165, 1.54) is 19.1 Å². The third-order valence-corrected chi connectivity index (χ3v) is 3.17. The van der Waals surface area contributed by atoms with E-state index in [-0.39, 0.29) is 16.9 Å². The van der Waals surface area contributed by atoms with Gasteiger partial charge in [0, 0.05) is 11.8 Å². The summed E-state index contributed by atoms with van der Waals surface area (Å²) in [5, 5.41) is 14.2. The second kappa shape index (κ2) is 7.23. The number of nitro benzene ring substituents is 1. The van der Waals surface area contributed by atoms with Gasteiger partial charge in [-0.1, -0.05) is 18.2 Å². The number of hydrogen-bond donors (Lipinski definition) is 2. The van der Waals surface area contributed by atoms with E-state index in [9.17, 15) is 19.7 Å². The lowest BCUT2D eigenvalue weighted by atomic mass is 10.1.